The molecule has 4 rings (SSSR count). The van der Waals surface area contributed by atoms with E-state index < -0.39 is 16.6 Å². The van der Waals surface area contributed by atoms with Crippen molar-refractivity contribution in [3.63, 3.8) is 0 Å². The third-order valence-electron chi connectivity index (χ3n) is 8.86. The zero-order valence-electron chi connectivity index (χ0n) is 26.7. The summed E-state index contributed by atoms with van der Waals surface area (Å²) in [5, 5.41) is 0. The maximum Gasteiger partial charge on any atom is 0.251 e. The lowest BCUT2D eigenvalue weighted by Gasteiger charge is -2.39. The molecule has 2 aliphatic carbocycles. The molecule has 0 bridgehead atoms. The SMILES string of the molecule is CCC[Si](CCC)(CCC)OC1=C2C(=O)c3ccccc3C(O[Si](CCC)(CCC)CCC)=C2C(=O)c2ccccc21. The van der Waals surface area contributed by atoms with E-state index in [1.165, 1.54) is 0 Å². The van der Waals surface area contributed by atoms with Crippen molar-refractivity contribution in [3.8, 4) is 0 Å². The highest BCUT2D eigenvalue weighted by Crippen LogP contribution is 2.48. The number of fused-ring (bicyclic) bond motifs is 3. The van der Waals surface area contributed by atoms with E-state index in [0.717, 1.165) is 85.9 Å². The first kappa shape index (κ1) is 32.2. The van der Waals surface area contributed by atoms with E-state index in [1.54, 1.807) is 0 Å². The fourth-order valence-corrected chi connectivity index (χ4v) is 16.3. The van der Waals surface area contributed by atoms with Crippen LogP contribution in [0, 0.1) is 0 Å². The number of rotatable bonds is 16. The first-order chi connectivity index (χ1) is 20.3. The Balaban J connectivity index is 2.07. The van der Waals surface area contributed by atoms with Gasteiger partial charge < -0.3 is 8.85 Å². The summed E-state index contributed by atoms with van der Waals surface area (Å²) in [4.78, 5) is 29.0. The summed E-state index contributed by atoms with van der Waals surface area (Å²) in [6.07, 6.45) is 6.26. The molecule has 0 unspecified atom stereocenters. The monoisotopic (exact) mass is 602 g/mol. The molecule has 2 aliphatic rings. The van der Waals surface area contributed by atoms with Crippen molar-refractivity contribution in [1.82, 2.24) is 0 Å². The number of hydrogen-bond acceptors (Lipinski definition) is 4. The molecular formula is C36H50O4Si2. The Hall–Kier alpha value is -2.71. The summed E-state index contributed by atoms with van der Waals surface area (Å²) in [5.74, 6) is 1.01. The van der Waals surface area contributed by atoms with Crippen LogP contribution in [-0.2, 0) is 8.85 Å². The molecule has 0 heterocycles. The summed E-state index contributed by atoms with van der Waals surface area (Å²) in [6, 6.07) is 21.7. The second kappa shape index (κ2) is 14.2. The van der Waals surface area contributed by atoms with E-state index in [4.69, 9.17) is 8.85 Å². The van der Waals surface area contributed by atoms with Gasteiger partial charge in [-0.3, -0.25) is 9.59 Å². The Labute approximate surface area is 255 Å². The lowest BCUT2D eigenvalue weighted by molar-refractivity contribution is 0.0988. The third-order valence-corrected chi connectivity index (χ3v) is 18.6. The Morgan fingerprint density at radius 1 is 0.452 bits per heavy atom. The summed E-state index contributed by atoms with van der Waals surface area (Å²) >= 11 is 0. The first-order valence-corrected chi connectivity index (χ1v) is 21.6. The van der Waals surface area contributed by atoms with Crippen LogP contribution in [0.25, 0.3) is 11.5 Å². The van der Waals surface area contributed by atoms with E-state index in [1.807, 2.05) is 48.5 Å². The Kier molecular flexibility index (Phi) is 10.9. The topological polar surface area (TPSA) is 52.6 Å². The maximum atomic E-state index is 14.5. The summed E-state index contributed by atoms with van der Waals surface area (Å²) in [7, 11) is -4.51. The minimum atomic E-state index is -2.25. The second-order valence-corrected chi connectivity index (χ2v) is 20.4. The molecule has 0 N–H and O–H groups in total. The standard InChI is InChI=1S/C36H50O4Si2/c1-7-21-41(22-8-2,23-9-3)39-35-29-19-15-13-17-27(29)34(38)32-31(35)33(37)28-18-14-16-20-30(28)36(32)40-42(24-10-4,25-11-5)26-12-6/h13-20H,7-12,21-26H2,1-6H3. The molecule has 0 spiro atoms. The predicted molar refractivity (Wildman–Crippen MR) is 180 cm³/mol. The molecule has 6 heteroatoms. The van der Waals surface area contributed by atoms with Crippen LogP contribution in [0.15, 0.2) is 59.7 Å². The zero-order chi connectivity index (χ0) is 30.3. The highest BCUT2D eigenvalue weighted by molar-refractivity contribution is 6.75. The smallest absolute Gasteiger partial charge is 0.251 e. The van der Waals surface area contributed by atoms with Gasteiger partial charge in [-0.1, -0.05) is 129 Å². The third kappa shape index (κ3) is 6.16. The van der Waals surface area contributed by atoms with Crippen molar-refractivity contribution >= 4 is 39.7 Å². The zero-order valence-corrected chi connectivity index (χ0v) is 28.7. The number of allylic oxidation sites excluding steroid dienone is 2. The minimum absolute atomic E-state index is 0.119. The molecule has 0 aliphatic heterocycles. The molecule has 226 valence electrons. The lowest BCUT2D eigenvalue weighted by Crippen LogP contribution is -2.41. The summed E-state index contributed by atoms with van der Waals surface area (Å²) < 4.78 is 14.6. The number of hydrogen-bond donors (Lipinski definition) is 0. The molecule has 0 radical (unpaired) electrons. The maximum absolute atomic E-state index is 14.5. The van der Waals surface area contributed by atoms with Crippen LogP contribution in [0.2, 0.25) is 36.3 Å². The average molecular weight is 603 g/mol. The van der Waals surface area contributed by atoms with Gasteiger partial charge in [-0.15, -0.1) is 0 Å². The van der Waals surface area contributed by atoms with E-state index in [-0.39, 0.29) is 11.6 Å². The first-order valence-electron chi connectivity index (χ1n) is 16.5. The van der Waals surface area contributed by atoms with Crippen LogP contribution in [0.5, 0.6) is 0 Å². The Bertz CT molecular complexity index is 1220. The molecule has 4 nitrogen and oxygen atoms in total. The number of Topliss-reactive ketones (excluding diaryl/α,β-unsaturated/α-hetero) is 2. The number of benzene rings is 2. The van der Waals surface area contributed by atoms with Crippen LogP contribution in [0.1, 0.15) is 112 Å². The quantitative estimate of drug-likeness (QED) is 0.179. The molecule has 0 saturated carbocycles. The molecule has 0 saturated heterocycles. The van der Waals surface area contributed by atoms with Gasteiger partial charge in [0.25, 0.3) is 16.6 Å². The molecule has 0 fully saturated rings. The Morgan fingerprint density at radius 2 is 0.714 bits per heavy atom. The highest BCUT2D eigenvalue weighted by Gasteiger charge is 2.46. The van der Waals surface area contributed by atoms with Crippen LogP contribution < -0.4 is 0 Å². The van der Waals surface area contributed by atoms with Crippen molar-refractivity contribution in [1.29, 1.82) is 0 Å². The van der Waals surface area contributed by atoms with Crippen molar-refractivity contribution in [2.45, 2.75) is 116 Å². The number of carbonyl (C=O) groups is 2. The lowest BCUT2D eigenvalue weighted by atomic mass is 9.76. The van der Waals surface area contributed by atoms with Gasteiger partial charge in [0.2, 0.25) is 0 Å². The van der Waals surface area contributed by atoms with E-state index in [2.05, 4.69) is 41.5 Å². The van der Waals surface area contributed by atoms with Crippen molar-refractivity contribution < 1.29 is 18.4 Å². The molecule has 0 amide bonds. The average Bonchev–Trinajstić information content (AvgIpc) is 2.98. The molecule has 0 atom stereocenters. The fourth-order valence-electron chi connectivity index (χ4n) is 7.39. The van der Waals surface area contributed by atoms with Gasteiger partial charge in [-0.05, 0) is 36.3 Å². The molecule has 0 aromatic heterocycles. The summed E-state index contributed by atoms with van der Waals surface area (Å²) in [5.41, 5.74) is 3.60. The molecule has 2 aromatic carbocycles. The van der Waals surface area contributed by atoms with Crippen molar-refractivity contribution in [2.24, 2.45) is 0 Å². The largest absolute Gasteiger partial charge is 0.543 e. The normalized spacial score (nSPS) is 15.0. The molecule has 42 heavy (non-hydrogen) atoms. The molecule has 2 aromatic rings. The predicted octanol–water partition coefficient (Wildman–Crippen LogP) is 10.6. The van der Waals surface area contributed by atoms with Gasteiger partial charge >= 0.3 is 0 Å². The van der Waals surface area contributed by atoms with E-state index >= 15 is 0 Å². The van der Waals surface area contributed by atoms with Gasteiger partial charge in [-0.25, -0.2) is 0 Å². The van der Waals surface area contributed by atoms with Crippen LogP contribution in [-0.4, -0.2) is 28.2 Å². The van der Waals surface area contributed by atoms with Gasteiger partial charge in [-0.2, -0.15) is 0 Å². The van der Waals surface area contributed by atoms with Crippen LogP contribution in [0.4, 0.5) is 0 Å². The van der Waals surface area contributed by atoms with Crippen molar-refractivity contribution in [3.05, 3.63) is 81.9 Å². The highest BCUT2D eigenvalue weighted by atomic mass is 28.4. The Morgan fingerprint density at radius 3 is 0.976 bits per heavy atom. The summed E-state index contributed by atoms with van der Waals surface area (Å²) in [6.45, 7) is 13.4. The second-order valence-electron chi connectivity index (χ2n) is 12.2. The molecular weight excluding hydrogens is 553 g/mol. The van der Waals surface area contributed by atoms with Gasteiger partial charge in [0, 0.05) is 22.3 Å². The number of ketones is 2. The fraction of sp³-hybridized carbons (Fsp3) is 0.500. The van der Waals surface area contributed by atoms with Gasteiger partial charge in [0.15, 0.2) is 11.6 Å². The van der Waals surface area contributed by atoms with Crippen LogP contribution in [0.3, 0.4) is 0 Å². The van der Waals surface area contributed by atoms with Gasteiger partial charge in [0.05, 0.1) is 11.1 Å². The minimum Gasteiger partial charge on any atom is -0.543 e. The van der Waals surface area contributed by atoms with Crippen molar-refractivity contribution in [2.75, 3.05) is 0 Å². The number of carbonyl (C=O) groups excluding carboxylic acids is 2. The van der Waals surface area contributed by atoms with Gasteiger partial charge in [0.1, 0.15) is 11.5 Å². The van der Waals surface area contributed by atoms with Crippen LogP contribution >= 0.6 is 0 Å². The van der Waals surface area contributed by atoms with E-state index in [0.29, 0.717) is 33.8 Å². The van der Waals surface area contributed by atoms with E-state index in [9.17, 15) is 9.59 Å².